The second-order valence-electron chi connectivity index (χ2n) is 4.84. The van der Waals surface area contributed by atoms with E-state index in [2.05, 4.69) is 5.32 Å². The molecule has 0 atom stereocenters. The Labute approximate surface area is 127 Å². The standard InChI is InChI=1S/C18H13NO3/c20-16-14(11-12-7-3-1-4-8-12)19-18(22)17(21)15(16)13-9-5-2-6-10-13/h1-11,20H,(H,19,22)/b14-11-. The fraction of sp³-hybridized carbons (Fsp3) is 0. The molecule has 108 valence electrons. The third kappa shape index (κ3) is 2.54. The van der Waals surface area contributed by atoms with Gasteiger partial charge in [-0.15, -0.1) is 0 Å². The molecule has 2 N–H and O–H groups in total. The van der Waals surface area contributed by atoms with E-state index >= 15 is 0 Å². The fourth-order valence-corrected chi connectivity index (χ4v) is 2.29. The molecule has 0 aromatic heterocycles. The van der Waals surface area contributed by atoms with Crippen LogP contribution in [-0.2, 0) is 9.59 Å². The zero-order valence-electron chi connectivity index (χ0n) is 11.6. The van der Waals surface area contributed by atoms with Crippen molar-refractivity contribution in [2.45, 2.75) is 0 Å². The Morgan fingerprint density at radius 3 is 2.09 bits per heavy atom. The minimum absolute atomic E-state index is 0.0199. The molecule has 0 bridgehead atoms. The van der Waals surface area contributed by atoms with Gasteiger partial charge in [0, 0.05) is 0 Å². The molecule has 0 saturated carbocycles. The summed E-state index contributed by atoms with van der Waals surface area (Å²) in [5.74, 6) is -1.72. The van der Waals surface area contributed by atoms with E-state index in [-0.39, 0.29) is 17.0 Å². The van der Waals surface area contributed by atoms with E-state index in [1.54, 1.807) is 36.4 Å². The van der Waals surface area contributed by atoms with Gasteiger partial charge in [0.2, 0.25) is 0 Å². The van der Waals surface area contributed by atoms with Crippen molar-refractivity contribution in [1.82, 2.24) is 5.32 Å². The highest BCUT2D eigenvalue weighted by Gasteiger charge is 2.31. The molecule has 0 spiro atoms. The van der Waals surface area contributed by atoms with Crippen LogP contribution in [-0.4, -0.2) is 16.8 Å². The molecular formula is C18H13NO3. The minimum atomic E-state index is -0.751. The molecule has 3 rings (SSSR count). The summed E-state index contributed by atoms with van der Waals surface area (Å²) in [5.41, 5.74) is 1.56. The number of ketones is 1. The van der Waals surface area contributed by atoms with Gasteiger partial charge in [0.05, 0.1) is 11.3 Å². The molecule has 2 aromatic carbocycles. The number of aliphatic hydroxyl groups is 1. The van der Waals surface area contributed by atoms with Crippen molar-refractivity contribution in [3.63, 3.8) is 0 Å². The van der Waals surface area contributed by atoms with Gasteiger partial charge in [-0.3, -0.25) is 9.59 Å². The Hall–Kier alpha value is -3.14. The van der Waals surface area contributed by atoms with Crippen molar-refractivity contribution in [2.75, 3.05) is 0 Å². The van der Waals surface area contributed by atoms with Gasteiger partial charge in [-0.05, 0) is 17.2 Å². The SMILES string of the molecule is O=C1N/C(=C\c2ccccc2)C(O)=C(c2ccccc2)C1=O. The van der Waals surface area contributed by atoms with Gasteiger partial charge in [0.1, 0.15) is 0 Å². The molecule has 1 heterocycles. The number of hydrogen-bond donors (Lipinski definition) is 2. The maximum atomic E-state index is 12.1. The third-order valence-electron chi connectivity index (χ3n) is 3.35. The smallest absolute Gasteiger partial charge is 0.297 e. The van der Waals surface area contributed by atoms with Gasteiger partial charge in [-0.25, -0.2) is 0 Å². The van der Waals surface area contributed by atoms with Crippen molar-refractivity contribution in [3.05, 3.63) is 83.2 Å². The number of rotatable bonds is 2. The van der Waals surface area contributed by atoms with Crippen LogP contribution in [0.5, 0.6) is 0 Å². The summed E-state index contributed by atoms with van der Waals surface area (Å²) >= 11 is 0. The average Bonchev–Trinajstić information content (AvgIpc) is 2.55. The summed E-state index contributed by atoms with van der Waals surface area (Å²) in [5, 5.41) is 12.8. The number of benzene rings is 2. The van der Waals surface area contributed by atoms with E-state index in [1.165, 1.54) is 0 Å². The van der Waals surface area contributed by atoms with Crippen molar-refractivity contribution in [1.29, 1.82) is 0 Å². The molecule has 22 heavy (non-hydrogen) atoms. The van der Waals surface area contributed by atoms with E-state index in [0.29, 0.717) is 5.56 Å². The molecule has 1 aliphatic heterocycles. The topological polar surface area (TPSA) is 66.4 Å². The van der Waals surface area contributed by atoms with Gasteiger partial charge in [0.25, 0.3) is 11.7 Å². The van der Waals surface area contributed by atoms with Gasteiger partial charge in [-0.2, -0.15) is 0 Å². The predicted molar refractivity (Wildman–Crippen MR) is 83.6 cm³/mol. The lowest BCUT2D eigenvalue weighted by Gasteiger charge is -2.19. The van der Waals surface area contributed by atoms with Gasteiger partial charge in [0.15, 0.2) is 5.76 Å². The van der Waals surface area contributed by atoms with Crippen molar-refractivity contribution < 1.29 is 14.7 Å². The van der Waals surface area contributed by atoms with Crippen LogP contribution in [0.25, 0.3) is 11.6 Å². The Balaban J connectivity index is 2.13. The first kappa shape index (κ1) is 13.8. The maximum Gasteiger partial charge on any atom is 0.297 e. The number of hydrogen-bond acceptors (Lipinski definition) is 3. The maximum absolute atomic E-state index is 12.1. The highest BCUT2D eigenvalue weighted by Crippen LogP contribution is 2.26. The van der Waals surface area contributed by atoms with E-state index in [0.717, 1.165) is 5.56 Å². The van der Waals surface area contributed by atoms with E-state index in [4.69, 9.17) is 0 Å². The minimum Gasteiger partial charge on any atom is -0.505 e. The molecule has 0 unspecified atom stereocenters. The summed E-state index contributed by atoms with van der Waals surface area (Å²) in [6.07, 6.45) is 1.63. The van der Waals surface area contributed by atoms with Crippen LogP contribution in [0.1, 0.15) is 11.1 Å². The molecule has 2 aromatic rings. The van der Waals surface area contributed by atoms with Crippen LogP contribution in [0.3, 0.4) is 0 Å². The summed E-state index contributed by atoms with van der Waals surface area (Å²) < 4.78 is 0. The number of aliphatic hydroxyl groups excluding tert-OH is 1. The number of amides is 1. The van der Waals surface area contributed by atoms with Crippen LogP contribution in [0.4, 0.5) is 0 Å². The molecule has 0 aliphatic carbocycles. The summed E-state index contributed by atoms with van der Waals surface area (Å²) in [6.45, 7) is 0. The van der Waals surface area contributed by atoms with Crippen LogP contribution < -0.4 is 5.32 Å². The van der Waals surface area contributed by atoms with Crippen molar-refractivity contribution in [2.24, 2.45) is 0 Å². The fourth-order valence-electron chi connectivity index (χ4n) is 2.29. The lowest BCUT2D eigenvalue weighted by atomic mass is 9.95. The van der Waals surface area contributed by atoms with E-state index in [9.17, 15) is 14.7 Å². The number of carbonyl (C=O) groups is 2. The molecular weight excluding hydrogens is 278 g/mol. The Kier molecular flexibility index (Phi) is 3.58. The zero-order valence-corrected chi connectivity index (χ0v) is 11.6. The normalized spacial score (nSPS) is 16.8. The predicted octanol–water partition coefficient (Wildman–Crippen LogP) is 2.70. The van der Waals surface area contributed by atoms with Crippen molar-refractivity contribution >= 4 is 23.3 Å². The van der Waals surface area contributed by atoms with Crippen LogP contribution >= 0.6 is 0 Å². The largest absolute Gasteiger partial charge is 0.505 e. The molecule has 4 nitrogen and oxygen atoms in total. The first-order valence-electron chi connectivity index (χ1n) is 6.78. The molecule has 0 saturated heterocycles. The highest BCUT2D eigenvalue weighted by molar-refractivity contribution is 6.55. The number of carbonyl (C=O) groups excluding carboxylic acids is 2. The zero-order chi connectivity index (χ0) is 15.5. The number of nitrogens with one attached hydrogen (secondary N) is 1. The molecule has 4 heteroatoms. The first-order valence-corrected chi connectivity index (χ1v) is 6.78. The van der Waals surface area contributed by atoms with E-state index < -0.39 is 11.7 Å². The van der Waals surface area contributed by atoms with Crippen LogP contribution in [0, 0.1) is 0 Å². The molecule has 0 radical (unpaired) electrons. The average molecular weight is 291 g/mol. The van der Waals surface area contributed by atoms with Gasteiger partial charge >= 0.3 is 0 Å². The summed E-state index contributed by atoms with van der Waals surface area (Å²) in [4.78, 5) is 24.0. The monoisotopic (exact) mass is 291 g/mol. The Bertz CT molecular complexity index is 790. The highest BCUT2D eigenvalue weighted by atomic mass is 16.3. The summed E-state index contributed by atoms with van der Waals surface area (Å²) in [6, 6.07) is 17.9. The van der Waals surface area contributed by atoms with Gasteiger partial charge in [-0.1, -0.05) is 60.7 Å². The number of Topliss-reactive ketones (excluding diaryl/α,β-unsaturated/α-hetero) is 1. The summed E-state index contributed by atoms with van der Waals surface area (Å²) in [7, 11) is 0. The second kappa shape index (κ2) is 5.69. The molecule has 0 fully saturated rings. The quantitative estimate of drug-likeness (QED) is 0.836. The van der Waals surface area contributed by atoms with Crippen molar-refractivity contribution in [3.8, 4) is 0 Å². The molecule has 1 aliphatic rings. The lowest BCUT2D eigenvalue weighted by molar-refractivity contribution is -0.134. The lowest BCUT2D eigenvalue weighted by Crippen LogP contribution is -2.37. The third-order valence-corrected chi connectivity index (χ3v) is 3.35. The second-order valence-corrected chi connectivity index (χ2v) is 4.84. The van der Waals surface area contributed by atoms with Crippen LogP contribution in [0.15, 0.2) is 72.1 Å². The Morgan fingerprint density at radius 1 is 0.864 bits per heavy atom. The molecule has 1 amide bonds. The first-order chi connectivity index (χ1) is 10.7. The Morgan fingerprint density at radius 2 is 1.45 bits per heavy atom. The van der Waals surface area contributed by atoms with E-state index in [1.807, 2.05) is 30.3 Å². The van der Waals surface area contributed by atoms with Crippen LogP contribution in [0.2, 0.25) is 0 Å². The van der Waals surface area contributed by atoms with Gasteiger partial charge < -0.3 is 10.4 Å².